The Hall–Kier alpha value is -3.68. The fraction of sp³-hybridized carbons (Fsp3) is 0.120. The van der Waals surface area contributed by atoms with Crippen molar-refractivity contribution in [3.05, 3.63) is 102 Å². The van der Waals surface area contributed by atoms with Gasteiger partial charge < -0.3 is 9.67 Å². The molecule has 142 valence electrons. The first-order chi connectivity index (χ1) is 14.0. The van der Waals surface area contributed by atoms with Gasteiger partial charge in [0.15, 0.2) is 0 Å². The van der Waals surface area contributed by atoms with Crippen LogP contribution in [-0.4, -0.2) is 20.4 Å². The molecule has 0 spiro atoms. The van der Waals surface area contributed by atoms with Crippen LogP contribution in [0.4, 0.5) is 0 Å². The minimum absolute atomic E-state index is 0.327. The molecule has 0 saturated heterocycles. The predicted molar refractivity (Wildman–Crippen MR) is 113 cm³/mol. The summed E-state index contributed by atoms with van der Waals surface area (Å²) < 4.78 is 2.15. The number of ketones is 1. The van der Waals surface area contributed by atoms with E-state index in [0.717, 1.165) is 17.4 Å². The highest BCUT2D eigenvalue weighted by Crippen LogP contribution is 2.20. The molecule has 4 nitrogen and oxygen atoms in total. The third-order valence-electron chi connectivity index (χ3n) is 4.87. The van der Waals surface area contributed by atoms with Crippen molar-refractivity contribution < 1.29 is 9.90 Å². The van der Waals surface area contributed by atoms with Crippen molar-refractivity contribution in [2.75, 3.05) is 0 Å². The lowest BCUT2D eigenvalue weighted by atomic mass is 9.98. The molecule has 0 saturated carbocycles. The van der Waals surface area contributed by atoms with Gasteiger partial charge >= 0.3 is 0 Å². The van der Waals surface area contributed by atoms with Crippen molar-refractivity contribution in [1.82, 2.24) is 9.55 Å². The topological polar surface area (TPSA) is 55.1 Å². The molecular formula is C25H20N2O2. The second-order valence-electron chi connectivity index (χ2n) is 7.10. The summed E-state index contributed by atoms with van der Waals surface area (Å²) in [4.78, 5) is 16.5. The molecule has 0 amide bonds. The van der Waals surface area contributed by atoms with E-state index in [0.29, 0.717) is 11.1 Å². The third-order valence-corrected chi connectivity index (χ3v) is 4.87. The number of carbonyl (C=O) groups excluding carboxylic acids is 1. The standard InChI is InChI=1S/C25H20N2O2/c1-25(29,22-8-5-14-26-17-22)13-11-24(28)21-9-10-23-20(16-21)12-15-27(23)18-19-6-3-2-4-7-19/h2-10,12,14-17,29H,18H2,1H3. The van der Waals surface area contributed by atoms with E-state index in [1.807, 2.05) is 42.6 Å². The van der Waals surface area contributed by atoms with Gasteiger partial charge in [-0.15, -0.1) is 0 Å². The molecule has 4 rings (SSSR count). The molecule has 1 unspecified atom stereocenters. The Bertz CT molecular complexity index is 1210. The molecule has 0 aliphatic heterocycles. The van der Waals surface area contributed by atoms with Crippen molar-refractivity contribution in [3.8, 4) is 11.8 Å². The largest absolute Gasteiger partial charge is 0.374 e. The second kappa shape index (κ2) is 7.75. The van der Waals surface area contributed by atoms with Crippen LogP contribution < -0.4 is 0 Å². The number of nitrogens with zero attached hydrogens (tertiary/aromatic N) is 2. The van der Waals surface area contributed by atoms with Gasteiger partial charge in [-0.1, -0.05) is 42.3 Å². The smallest absolute Gasteiger partial charge is 0.236 e. The van der Waals surface area contributed by atoms with Crippen LogP contribution in [0.3, 0.4) is 0 Å². The van der Waals surface area contributed by atoms with Gasteiger partial charge in [-0.3, -0.25) is 9.78 Å². The molecule has 4 aromatic rings. The molecule has 29 heavy (non-hydrogen) atoms. The molecule has 0 aliphatic rings. The average molecular weight is 380 g/mol. The summed E-state index contributed by atoms with van der Waals surface area (Å²) in [6.07, 6.45) is 5.18. The van der Waals surface area contributed by atoms with Crippen LogP contribution in [0.1, 0.15) is 28.4 Å². The summed E-state index contributed by atoms with van der Waals surface area (Å²) in [6.45, 7) is 2.32. The first-order valence-corrected chi connectivity index (χ1v) is 9.36. The number of rotatable bonds is 4. The molecule has 4 heteroatoms. The molecule has 2 aromatic carbocycles. The Morgan fingerprint density at radius 1 is 1.10 bits per heavy atom. The van der Waals surface area contributed by atoms with Gasteiger partial charge in [0.1, 0.15) is 5.60 Å². The number of benzene rings is 2. The van der Waals surface area contributed by atoms with Gasteiger partial charge in [0.2, 0.25) is 5.78 Å². The third kappa shape index (κ3) is 4.11. The van der Waals surface area contributed by atoms with E-state index in [1.54, 1.807) is 37.5 Å². The van der Waals surface area contributed by atoms with Crippen LogP contribution in [0.2, 0.25) is 0 Å². The molecule has 2 aromatic heterocycles. The first-order valence-electron chi connectivity index (χ1n) is 9.36. The molecule has 1 N–H and O–H groups in total. The number of fused-ring (bicyclic) bond motifs is 1. The highest BCUT2D eigenvalue weighted by Gasteiger charge is 2.20. The average Bonchev–Trinajstić information content (AvgIpc) is 3.15. The number of carbonyl (C=O) groups is 1. The highest BCUT2D eigenvalue weighted by molar-refractivity contribution is 6.10. The van der Waals surface area contributed by atoms with E-state index < -0.39 is 5.60 Å². The van der Waals surface area contributed by atoms with Gasteiger partial charge in [-0.2, -0.15) is 0 Å². The maximum absolute atomic E-state index is 12.6. The molecular weight excluding hydrogens is 360 g/mol. The van der Waals surface area contributed by atoms with E-state index in [2.05, 4.69) is 33.5 Å². The highest BCUT2D eigenvalue weighted by atomic mass is 16.3. The number of pyridine rings is 1. The Morgan fingerprint density at radius 2 is 1.93 bits per heavy atom. The normalized spacial score (nSPS) is 12.8. The lowest BCUT2D eigenvalue weighted by molar-refractivity contribution is 0.104. The van der Waals surface area contributed by atoms with Gasteiger partial charge in [0.25, 0.3) is 0 Å². The zero-order valence-electron chi connectivity index (χ0n) is 16.0. The van der Waals surface area contributed by atoms with E-state index in [-0.39, 0.29) is 5.78 Å². The summed E-state index contributed by atoms with van der Waals surface area (Å²) >= 11 is 0. The quantitative estimate of drug-likeness (QED) is 0.328. The van der Waals surface area contributed by atoms with Crippen molar-refractivity contribution in [2.24, 2.45) is 0 Å². The molecule has 0 aliphatic carbocycles. The zero-order chi connectivity index (χ0) is 20.3. The summed E-state index contributed by atoms with van der Waals surface area (Å²) in [7, 11) is 0. The molecule has 0 fully saturated rings. The van der Waals surface area contributed by atoms with Crippen LogP contribution in [0, 0.1) is 11.8 Å². The molecule has 2 heterocycles. The lowest BCUT2D eigenvalue weighted by Crippen LogP contribution is -2.19. The van der Waals surface area contributed by atoms with Gasteiger partial charge in [0, 0.05) is 47.2 Å². The zero-order valence-corrected chi connectivity index (χ0v) is 16.0. The summed E-state index contributed by atoms with van der Waals surface area (Å²) in [6, 6.07) is 21.2. The maximum atomic E-state index is 12.6. The van der Waals surface area contributed by atoms with E-state index in [9.17, 15) is 9.90 Å². The summed E-state index contributed by atoms with van der Waals surface area (Å²) in [5.74, 6) is 4.92. The second-order valence-corrected chi connectivity index (χ2v) is 7.10. The Balaban J connectivity index is 1.57. The van der Waals surface area contributed by atoms with Crippen LogP contribution in [0.5, 0.6) is 0 Å². The van der Waals surface area contributed by atoms with E-state index in [4.69, 9.17) is 0 Å². The maximum Gasteiger partial charge on any atom is 0.236 e. The number of Topliss-reactive ketones (excluding diaryl/α,β-unsaturated/α-hetero) is 1. The molecule has 0 bridgehead atoms. The van der Waals surface area contributed by atoms with Crippen LogP contribution in [-0.2, 0) is 12.1 Å². The van der Waals surface area contributed by atoms with Crippen LogP contribution >= 0.6 is 0 Å². The van der Waals surface area contributed by atoms with Gasteiger partial charge in [0.05, 0.1) is 0 Å². The number of hydrogen-bond donors (Lipinski definition) is 1. The van der Waals surface area contributed by atoms with Gasteiger partial charge in [-0.05, 0) is 48.7 Å². The molecule has 0 radical (unpaired) electrons. The van der Waals surface area contributed by atoms with E-state index in [1.165, 1.54) is 5.56 Å². The summed E-state index contributed by atoms with van der Waals surface area (Å²) in [5.41, 5.74) is 1.89. The number of aliphatic hydroxyl groups is 1. The predicted octanol–water partition coefficient (Wildman–Crippen LogP) is 4.18. The van der Waals surface area contributed by atoms with Crippen LogP contribution in [0.15, 0.2) is 85.3 Å². The fourth-order valence-corrected chi connectivity index (χ4v) is 3.23. The van der Waals surface area contributed by atoms with Crippen molar-refractivity contribution >= 4 is 16.7 Å². The van der Waals surface area contributed by atoms with E-state index >= 15 is 0 Å². The lowest BCUT2D eigenvalue weighted by Gasteiger charge is -2.15. The number of aromatic nitrogens is 2. The van der Waals surface area contributed by atoms with Crippen molar-refractivity contribution in [1.29, 1.82) is 0 Å². The molecule has 1 atom stereocenters. The number of hydrogen-bond acceptors (Lipinski definition) is 3. The first kappa shape index (κ1) is 18.7. The van der Waals surface area contributed by atoms with Crippen LogP contribution in [0.25, 0.3) is 10.9 Å². The summed E-state index contributed by atoms with van der Waals surface area (Å²) in [5, 5.41) is 11.5. The Labute approximate surface area is 169 Å². The fourth-order valence-electron chi connectivity index (χ4n) is 3.23. The Morgan fingerprint density at radius 3 is 2.69 bits per heavy atom. The minimum Gasteiger partial charge on any atom is -0.374 e. The van der Waals surface area contributed by atoms with Gasteiger partial charge in [-0.25, -0.2) is 0 Å². The minimum atomic E-state index is -1.44. The van der Waals surface area contributed by atoms with Crippen molar-refractivity contribution in [3.63, 3.8) is 0 Å². The van der Waals surface area contributed by atoms with Crippen molar-refractivity contribution in [2.45, 2.75) is 19.1 Å². The Kier molecular flexibility index (Phi) is 4.99. The SMILES string of the molecule is CC(O)(C#CC(=O)c1ccc2c(ccn2Cc2ccccc2)c1)c1cccnc1. The monoisotopic (exact) mass is 380 g/mol.